The van der Waals surface area contributed by atoms with Crippen LogP contribution in [0.2, 0.25) is 0 Å². The maximum Gasteiger partial charge on any atom is 0.273 e. The van der Waals surface area contributed by atoms with Gasteiger partial charge >= 0.3 is 0 Å². The number of benzene rings is 2. The summed E-state index contributed by atoms with van der Waals surface area (Å²) >= 11 is 0. The summed E-state index contributed by atoms with van der Waals surface area (Å²) in [5.41, 5.74) is 3.18. The topological polar surface area (TPSA) is 96.7 Å². The van der Waals surface area contributed by atoms with Gasteiger partial charge < -0.3 is 19.9 Å². The molecule has 3 aromatic rings. The standard InChI is InChI=1S/C26H30N4O4/c1-18-15-30(16-19(2)33-18)17-21-10-8-20(9-11-21)13-27-25(31)14-28-26(32)23-12-24(34-29-23)22-6-4-3-5-7-22/h3-12,18-19H,13-17H2,1-2H3,(H,27,31)(H,28,32). The lowest BCUT2D eigenvalue weighted by Gasteiger charge is -2.35. The summed E-state index contributed by atoms with van der Waals surface area (Å²) in [7, 11) is 0. The molecule has 0 bridgehead atoms. The molecule has 0 radical (unpaired) electrons. The smallest absolute Gasteiger partial charge is 0.273 e. The molecule has 1 fully saturated rings. The molecule has 2 amide bonds. The maximum absolute atomic E-state index is 12.3. The molecule has 2 atom stereocenters. The lowest BCUT2D eigenvalue weighted by Crippen LogP contribution is -2.44. The number of carbonyl (C=O) groups excluding carboxylic acids is 2. The Morgan fingerprint density at radius 2 is 1.65 bits per heavy atom. The first-order chi connectivity index (χ1) is 16.5. The van der Waals surface area contributed by atoms with Crippen molar-refractivity contribution in [1.82, 2.24) is 20.7 Å². The minimum absolute atomic E-state index is 0.131. The molecule has 2 N–H and O–H groups in total. The number of aromatic nitrogens is 1. The number of hydrogen-bond acceptors (Lipinski definition) is 6. The molecule has 178 valence electrons. The molecule has 2 heterocycles. The molecule has 4 rings (SSSR count). The monoisotopic (exact) mass is 462 g/mol. The van der Waals surface area contributed by atoms with Crippen LogP contribution in [-0.4, -0.2) is 53.7 Å². The molecule has 8 nitrogen and oxygen atoms in total. The van der Waals surface area contributed by atoms with Crippen molar-refractivity contribution in [1.29, 1.82) is 0 Å². The van der Waals surface area contributed by atoms with E-state index < -0.39 is 5.91 Å². The highest BCUT2D eigenvalue weighted by Gasteiger charge is 2.22. The normalized spacial score (nSPS) is 18.4. The number of amides is 2. The molecule has 0 spiro atoms. The molecule has 1 aliphatic heterocycles. The van der Waals surface area contributed by atoms with Gasteiger partial charge in [0.2, 0.25) is 5.91 Å². The summed E-state index contributed by atoms with van der Waals surface area (Å²) in [6.45, 7) is 7.19. The van der Waals surface area contributed by atoms with E-state index in [1.54, 1.807) is 6.07 Å². The van der Waals surface area contributed by atoms with Crippen LogP contribution in [0, 0.1) is 0 Å². The molecule has 34 heavy (non-hydrogen) atoms. The van der Waals surface area contributed by atoms with Crippen LogP contribution < -0.4 is 10.6 Å². The fourth-order valence-electron chi connectivity index (χ4n) is 4.07. The van der Waals surface area contributed by atoms with Gasteiger partial charge in [-0.1, -0.05) is 59.8 Å². The summed E-state index contributed by atoms with van der Waals surface area (Å²) in [6, 6.07) is 19.1. The van der Waals surface area contributed by atoms with E-state index in [2.05, 4.69) is 46.7 Å². The van der Waals surface area contributed by atoms with Crippen LogP contribution in [-0.2, 0) is 22.6 Å². The zero-order chi connectivity index (χ0) is 23.9. The van der Waals surface area contributed by atoms with Crippen molar-refractivity contribution in [2.75, 3.05) is 19.6 Å². The van der Waals surface area contributed by atoms with Crippen LogP contribution in [0.15, 0.2) is 65.2 Å². The predicted octanol–water partition coefficient (Wildman–Crippen LogP) is 3.00. The Balaban J connectivity index is 1.20. The number of carbonyl (C=O) groups is 2. The van der Waals surface area contributed by atoms with Crippen molar-refractivity contribution >= 4 is 11.8 Å². The van der Waals surface area contributed by atoms with Gasteiger partial charge in [0.25, 0.3) is 5.91 Å². The largest absolute Gasteiger partial charge is 0.373 e. The Bertz CT molecular complexity index is 1090. The highest BCUT2D eigenvalue weighted by atomic mass is 16.5. The van der Waals surface area contributed by atoms with Crippen LogP contribution in [0.4, 0.5) is 0 Å². The zero-order valence-electron chi connectivity index (χ0n) is 19.5. The fraction of sp³-hybridized carbons (Fsp3) is 0.346. The number of hydrogen-bond donors (Lipinski definition) is 2. The van der Waals surface area contributed by atoms with Gasteiger partial charge in [-0.2, -0.15) is 0 Å². The van der Waals surface area contributed by atoms with Gasteiger partial charge in [0.15, 0.2) is 11.5 Å². The Kier molecular flexibility index (Phi) is 7.72. The SMILES string of the molecule is CC1CN(Cc2ccc(CNC(=O)CNC(=O)c3cc(-c4ccccc4)on3)cc2)CC(C)O1. The molecule has 0 aliphatic carbocycles. The van der Waals surface area contributed by atoms with Crippen LogP contribution in [0.5, 0.6) is 0 Å². The van der Waals surface area contributed by atoms with Crippen LogP contribution in [0.1, 0.15) is 35.5 Å². The summed E-state index contributed by atoms with van der Waals surface area (Å²) in [5.74, 6) is -0.242. The second-order valence-corrected chi connectivity index (χ2v) is 8.67. The van der Waals surface area contributed by atoms with Gasteiger partial charge in [-0.3, -0.25) is 14.5 Å². The van der Waals surface area contributed by atoms with E-state index in [1.807, 2.05) is 42.5 Å². The summed E-state index contributed by atoms with van der Waals surface area (Å²) < 4.78 is 11.0. The van der Waals surface area contributed by atoms with Gasteiger partial charge in [-0.15, -0.1) is 0 Å². The summed E-state index contributed by atoms with van der Waals surface area (Å²) in [6.07, 6.45) is 0.489. The van der Waals surface area contributed by atoms with Crippen molar-refractivity contribution < 1.29 is 18.8 Å². The van der Waals surface area contributed by atoms with E-state index in [0.29, 0.717) is 12.3 Å². The van der Waals surface area contributed by atoms with Crippen molar-refractivity contribution in [3.8, 4) is 11.3 Å². The van der Waals surface area contributed by atoms with Gasteiger partial charge in [0.1, 0.15) is 0 Å². The first-order valence-corrected chi connectivity index (χ1v) is 11.5. The molecular formula is C26H30N4O4. The lowest BCUT2D eigenvalue weighted by molar-refractivity contribution is -0.120. The summed E-state index contributed by atoms with van der Waals surface area (Å²) in [5, 5.41) is 9.19. The van der Waals surface area contributed by atoms with Gasteiger partial charge in [-0.25, -0.2) is 0 Å². The molecule has 1 aliphatic rings. The van der Waals surface area contributed by atoms with E-state index in [-0.39, 0.29) is 30.4 Å². The predicted molar refractivity (Wildman–Crippen MR) is 128 cm³/mol. The third-order valence-electron chi connectivity index (χ3n) is 5.62. The van der Waals surface area contributed by atoms with Crippen molar-refractivity contribution in [2.24, 2.45) is 0 Å². The van der Waals surface area contributed by atoms with Crippen molar-refractivity contribution in [3.63, 3.8) is 0 Å². The van der Waals surface area contributed by atoms with Crippen molar-refractivity contribution in [2.45, 2.75) is 39.1 Å². The minimum Gasteiger partial charge on any atom is -0.373 e. The molecule has 1 aromatic heterocycles. The lowest BCUT2D eigenvalue weighted by atomic mass is 10.1. The molecule has 2 aromatic carbocycles. The van der Waals surface area contributed by atoms with Gasteiger partial charge in [-0.05, 0) is 25.0 Å². The Morgan fingerprint density at radius 3 is 2.35 bits per heavy atom. The molecule has 0 saturated carbocycles. The first-order valence-electron chi connectivity index (χ1n) is 11.5. The fourth-order valence-corrected chi connectivity index (χ4v) is 4.07. The van der Waals surface area contributed by atoms with Crippen LogP contribution in [0.3, 0.4) is 0 Å². The Morgan fingerprint density at radius 1 is 0.971 bits per heavy atom. The maximum atomic E-state index is 12.3. The molecular weight excluding hydrogens is 432 g/mol. The van der Waals surface area contributed by atoms with Crippen LogP contribution >= 0.6 is 0 Å². The van der Waals surface area contributed by atoms with Crippen molar-refractivity contribution in [3.05, 3.63) is 77.5 Å². The Hall–Kier alpha value is -3.49. The van der Waals surface area contributed by atoms with E-state index in [1.165, 1.54) is 5.56 Å². The average Bonchev–Trinajstić information content (AvgIpc) is 3.33. The molecule has 8 heteroatoms. The molecule has 2 unspecified atom stereocenters. The van der Waals surface area contributed by atoms with Gasteiger partial charge in [0.05, 0.1) is 18.8 Å². The third-order valence-corrected chi connectivity index (χ3v) is 5.62. The second-order valence-electron chi connectivity index (χ2n) is 8.67. The van der Waals surface area contributed by atoms with Gasteiger partial charge in [0, 0.05) is 37.8 Å². The second kappa shape index (κ2) is 11.1. The molecule has 1 saturated heterocycles. The number of nitrogens with one attached hydrogen (secondary N) is 2. The van der Waals surface area contributed by atoms with E-state index in [4.69, 9.17) is 9.26 Å². The number of ether oxygens (including phenoxy) is 1. The zero-order valence-corrected chi connectivity index (χ0v) is 19.5. The first kappa shape index (κ1) is 23.7. The highest BCUT2D eigenvalue weighted by molar-refractivity contribution is 5.95. The third kappa shape index (κ3) is 6.52. The average molecular weight is 463 g/mol. The number of nitrogens with zero attached hydrogens (tertiary/aromatic N) is 2. The quantitative estimate of drug-likeness (QED) is 0.534. The highest BCUT2D eigenvalue weighted by Crippen LogP contribution is 2.19. The minimum atomic E-state index is -0.461. The summed E-state index contributed by atoms with van der Waals surface area (Å²) in [4.78, 5) is 26.9. The number of rotatable bonds is 8. The van der Waals surface area contributed by atoms with E-state index in [0.717, 1.165) is 30.8 Å². The van der Waals surface area contributed by atoms with E-state index >= 15 is 0 Å². The van der Waals surface area contributed by atoms with E-state index in [9.17, 15) is 9.59 Å². The number of morpholine rings is 1. The van der Waals surface area contributed by atoms with Crippen LogP contribution in [0.25, 0.3) is 11.3 Å². The Labute approximate surface area is 199 Å².